The number of allylic oxidation sites excluding steroid dienone is 4. The SMILES string of the molecule is C=C/C=C(\C=C)C=O.CCC.COCc1ccccc1.COCc1ccccc1. The molecule has 2 aromatic rings. The molecule has 0 amide bonds. The summed E-state index contributed by atoms with van der Waals surface area (Å²) in [4.78, 5) is 9.94. The standard InChI is InChI=1S/2C8H10O.C7H8O.C3H8/c2*1-9-7-8-5-3-2-4-6-8;1-3-5-7(4-2)6-8;1-3-2/h2*2-6H,7H2,1H3;3-6H,1-2H2;3H2,1-2H3/b;;7-5+;. The summed E-state index contributed by atoms with van der Waals surface area (Å²) in [6.07, 6.45) is 6.61. The second-order valence-corrected chi connectivity index (χ2v) is 5.77. The van der Waals surface area contributed by atoms with Gasteiger partial charge in [0.05, 0.1) is 13.2 Å². The van der Waals surface area contributed by atoms with Crippen molar-refractivity contribution >= 4 is 6.29 Å². The van der Waals surface area contributed by atoms with Crippen LogP contribution in [0, 0.1) is 0 Å². The van der Waals surface area contributed by atoms with Crippen LogP contribution in [0.4, 0.5) is 0 Å². The van der Waals surface area contributed by atoms with Gasteiger partial charge in [0.25, 0.3) is 0 Å². The van der Waals surface area contributed by atoms with Gasteiger partial charge in [-0.2, -0.15) is 0 Å². The van der Waals surface area contributed by atoms with Crippen molar-refractivity contribution in [3.8, 4) is 0 Å². The van der Waals surface area contributed by atoms with Gasteiger partial charge >= 0.3 is 0 Å². The van der Waals surface area contributed by atoms with Crippen molar-refractivity contribution in [3.05, 3.63) is 109 Å². The normalized spacial score (nSPS) is 9.31. The molecule has 0 radical (unpaired) electrons. The first-order chi connectivity index (χ1) is 14.1. The summed E-state index contributed by atoms with van der Waals surface area (Å²) in [5.41, 5.74) is 3.00. The molecule has 0 saturated heterocycles. The minimum atomic E-state index is 0.556. The van der Waals surface area contributed by atoms with Crippen LogP contribution in [-0.2, 0) is 27.5 Å². The maximum Gasteiger partial charge on any atom is 0.150 e. The van der Waals surface area contributed by atoms with Crippen molar-refractivity contribution in [1.29, 1.82) is 0 Å². The molecule has 0 bridgehead atoms. The Morgan fingerprint density at radius 2 is 1.21 bits per heavy atom. The smallest absolute Gasteiger partial charge is 0.150 e. The molecular weight excluding hydrogens is 360 g/mol. The lowest BCUT2D eigenvalue weighted by Gasteiger charge is -1.95. The van der Waals surface area contributed by atoms with Crippen LogP contribution in [0.1, 0.15) is 31.4 Å². The van der Waals surface area contributed by atoms with Crippen LogP contribution in [-0.4, -0.2) is 20.5 Å². The van der Waals surface area contributed by atoms with Crippen molar-refractivity contribution < 1.29 is 14.3 Å². The van der Waals surface area contributed by atoms with Crippen molar-refractivity contribution in [2.24, 2.45) is 0 Å². The number of methoxy groups -OCH3 is 2. The number of hydrogen-bond acceptors (Lipinski definition) is 3. The van der Waals surface area contributed by atoms with E-state index in [0.717, 1.165) is 6.29 Å². The first kappa shape index (κ1) is 28.5. The molecule has 0 aliphatic carbocycles. The van der Waals surface area contributed by atoms with Crippen molar-refractivity contribution in [1.82, 2.24) is 0 Å². The number of carbonyl (C=O) groups is 1. The molecule has 0 heterocycles. The van der Waals surface area contributed by atoms with E-state index in [1.807, 2.05) is 60.7 Å². The molecule has 0 aliphatic rings. The average Bonchev–Trinajstić information content (AvgIpc) is 2.76. The van der Waals surface area contributed by atoms with E-state index in [-0.39, 0.29) is 0 Å². The van der Waals surface area contributed by atoms with E-state index < -0.39 is 0 Å². The lowest BCUT2D eigenvalue weighted by molar-refractivity contribution is -0.104. The van der Waals surface area contributed by atoms with Gasteiger partial charge in [-0.3, -0.25) is 4.79 Å². The zero-order valence-electron chi connectivity index (χ0n) is 18.3. The first-order valence-electron chi connectivity index (χ1n) is 9.59. The van der Waals surface area contributed by atoms with Crippen LogP contribution in [0.5, 0.6) is 0 Å². The van der Waals surface area contributed by atoms with Gasteiger partial charge in [0.1, 0.15) is 6.29 Å². The molecule has 158 valence electrons. The molecule has 0 N–H and O–H groups in total. The monoisotopic (exact) mass is 396 g/mol. The molecule has 0 unspecified atom stereocenters. The number of hydrogen-bond donors (Lipinski definition) is 0. The minimum absolute atomic E-state index is 0.556. The zero-order chi connectivity index (χ0) is 22.2. The van der Waals surface area contributed by atoms with Crippen LogP contribution in [0.3, 0.4) is 0 Å². The summed E-state index contributed by atoms with van der Waals surface area (Å²) < 4.78 is 9.86. The highest BCUT2D eigenvalue weighted by Gasteiger charge is 1.85. The number of benzene rings is 2. The Labute approximate surface area is 177 Å². The van der Waals surface area contributed by atoms with Crippen molar-refractivity contribution in [3.63, 3.8) is 0 Å². The maximum absolute atomic E-state index is 9.94. The fourth-order valence-electron chi connectivity index (χ4n) is 1.77. The third-order valence-corrected chi connectivity index (χ3v) is 2.99. The van der Waals surface area contributed by atoms with E-state index in [9.17, 15) is 4.79 Å². The maximum atomic E-state index is 9.94. The number of ether oxygens (including phenoxy) is 2. The predicted molar refractivity (Wildman–Crippen MR) is 125 cm³/mol. The first-order valence-corrected chi connectivity index (χ1v) is 9.59. The average molecular weight is 397 g/mol. The summed E-state index contributed by atoms with van der Waals surface area (Å²) in [6.45, 7) is 12.5. The largest absolute Gasteiger partial charge is 0.380 e. The molecule has 0 aliphatic heterocycles. The van der Waals surface area contributed by atoms with Gasteiger partial charge in [0.2, 0.25) is 0 Å². The van der Waals surface area contributed by atoms with Gasteiger partial charge in [-0.25, -0.2) is 0 Å². The lowest BCUT2D eigenvalue weighted by atomic mass is 10.2. The van der Waals surface area contributed by atoms with Gasteiger partial charge < -0.3 is 9.47 Å². The Morgan fingerprint density at radius 3 is 1.41 bits per heavy atom. The van der Waals surface area contributed by atoms with E-state index >= 15 is 0 Å². The highest BCUT2D eigenvalue weighted by molar-refractivity contribution is 5.77. The molecule has 2 aromatic carbocycles. The molecule has 0 saturated carbocycles. The van der Waals surface area contributed by atoms with E-state index in [1.54, 1.807) is 26.4 Å². The fourth-order valence-corrected chi connectivity index (χ4v) is 1.77. The van der Waals surface area contributed by atoms with E-state index in [0.29, 0.717) is 18.8 Å². The van der Waals surface area contributed by atoms with Gasteiger partial charge in [0, 0.05) is 19.8 Å². The van der Waals surface area contributed by atoms with Gasteiger partial charge in [-0.15, -0.1) is 0 Å². The Kier molecular flexibility index (Phi) is 22.9. The minimum Gasteiger partial charge on any atom is -0.380 e. The van der Waals surface area contributed by atoms with E-state index in [2.05, 4.69) is 27.0 Å². The zero-order valence-corrected chi connectivity index (χ0v) is 18.3. The van der Waals surface area contributed by atoms with Gasteiger partial charge in [0.15, 0.2) is 0 Å². The van der Waals surface area contributed by atoms with Crippen LogP contribution < -0.4 is 0 Å². The number of aldehydes is 1. The molecule has 0 fully saturated rings. The van der Waals surface area contributed by atoms with Gasteiger partial charge in [-0.1, -0.05) is 112 Å². The number of carbonyl (C=O) groups excluding carboxylic acids is 1. The summed E-state index contributed by atoms with van der Waals surface area (Å²) >= 11 is 0. The molecule has 0 spiro atoms. The Hall–Kier alpha value is -2.75. The van der Waals surface area contributed by atoms with E-state index in [1.165, 1.54) is 23.6 Å². The Morgan fingerprint density at radius 1 is 0.828 bits per heavy atom. The number of rotatable bonds is 7. The molecule has 29 heavy (non-hydrogen) atoms. The summed E-state index contributed by atoms with van der Waals surface area (Å²) in [5.74, 6) is 0. The summed E-state index contributed by atoms with van der Waals surface area (Å²) in [5, 5.41) is 0. The van der Waals surface area contributed by atoms with Crippen LogP contribution in [0.25, 0.3) is 0 Å². The Bertz CT molecular complexity index is 595. The lowest BCUT2D eigenvalue weighted by Crippen LogP contribution is -1.84. The predicted octanol–water partition coefficient (Wildman–Crippen LogP) is 6.57. The molecule has 3 nitrogen and oxygen atoms in total. The van der Waals surface area contributed by atoms with Crippen molar-refractivity contribution in [2.75, 3.05) is 14.2 Å². The summed E-state index contributed by atoms with van der Waals surface area (Å²) in [6, 6.07) is 20.2. The summed E-state index contributed by atoms with van der Waals surface area (Å²) in [7, 11) is 3.40. The van der Waals surface area contributed by atoms with E-state index in [4.69, 9.17) is 9.47 Å². The highest BCUT2D eigenvalue weighted by Crippen LogP contribution is 1.99. The molecule has 0 atom stereocenters. The van der Waals surface area contributed by atoms with Crippen LogP contribution in [0.2, 0.25) is 0 Å². The molecule has 2 rings (SSSR count). The third-order valence-electron chi connectivity index (χ3n) is 2.99. The van der Waals surface area contributed by atoms with Crippen LogP contribution in [0.15, 0.2) is 97.6 Å². The second-order valence-electron chi connectivity index (χ2n) is 5.77. The third kappa shape index (κ3) is 19.8. The van der Waals surface area contributed by atoms with Gasteiger partial charge in [-0.05, 0) is 11.1 Å². The van der Waals surface area contributed by atoms with Crippen LogP contribution >= 0.6 is 0 Å². The molecular formula is C26H36O3. The quantitative estimate of drug-likeness (QED) is 0.302. The van der Waals surface area contributed by atoms with Crippen molar-refractivity contribution in [2.45, 2.75) is 33.5 Å². The Balaban J connectivity index is 0. The molecule has 0 aromatic heterocycles. The second kappa shape index (κ2) is 23.3. The fraction of sp³-hybridized carbons (Fsp3) is 0.269. The molecule has 3 heteroatoms. The highest BCUT2D eigenvalue weighted by atomic mass is 16.5. The topological polar surface area (TPSA) is 35.5 Å².